The van der Waals surface area contributed by atoms with Crippen molar-refractivity contribution in [2.75, 3.05) is 5.32 Å². The first kappa shape index (κ1) is 14.2. The fraction of sp³-hybridized carbons (Fsp3) is 0.176. The summed E-state index contributed by atoms with van der Waals surface area (Å²) in [6, 6.07) is 14.4. The predicted molar refractivity (Wildman–Crippen MR) is 87.0 cm³/mol. The number of benzene rings is 2. The van der Waals surface area contributed by atoms with Crippen molar-refractivity contribution in [2.24, 2.45) is 0 Å². The molecular weight excluding hydrogens is 315 g/mol. The highest BCUT2D eigenvalue weighted by Crippen LogP contribution is 2.37. The summed E-state index contributed by atoms with van der Waals surface area (Å²) in [5.74, 6) is 0.441. The molecule has 6 heteroatoms. The number of anilines is 1. The van der Waals surface area contributed by atoms with Crippen molar-refractivity contribution in [1.82, 2.24) is 14.8 Å². The molecule has 2 heterocycles. The van der Waals surface area contributed by atoms with Gasteiger partial charge in [0.15, 0.2) is 0 Å². The average Bonchev–Trinajstić information content (AvgIpc) is 3.03. The molecule has 0 saturated carbocycles. The summed E-state index contributed by atoms with van der Waals surface area (Å²) < 4.78 is 15.4. The molecule has 2 aromatic carbocycles. The highest BCUT2D eigenvalue weighted by Gasteiger charge is 2.29. The van der Waals surface area contributed by atoms with Crippen molar-refractivity contribution in [3.8, 4) is 0 Å². The third-order valence-corrected chi connectivity index (χ3v) is 4.39. The Bertz CT molecular complexity index is 831. The van der Waals surface area contributed by atoms with E-state index < -0.39 is 0 Å². The van der Waals surface area contributed by atoms with Crippen LogP contribution in [0.4, 0.5) is 10.3 Å². The molecule has 0 unspecified atom stereocenters. The quantitative estimate of drug-likeness (QED) is 0.766. The summed E-state index contributed by atoms with van der Waals surface area (Å²) >= 11 is 5.97. The van der Waals surface area contributed by atoms with Gasteiger partial charge in [0.05, 0.1) is 12.1 Å². The lowest BCUT2D eigenvalue weighted by atomic mass is 9.93. The number of hydrogen-bond donors (Lipinski definition) is 1. The summed E-state index contributed by atoms with van der Waals surface area (Å²) in [5, 5.41) is 8.37. The molecule has 0 bridgehead atoms. The number of nitrogens with one attached hydrogen (secondary N) is 1. The Labute approximate surface area is 137 Å². The number of nitrogens with zero attached hydrogens (tertiary/aromatic N) is 3. The van der Waals surface area contributed by atoms with Crippen molar-refractivity contribution >= 4 is 17.5 Å². The molecule has 1 aliphatic heterocycles. The van der Waals surface area contributed by atoms with Gasteiger partial charge in [0, 0.05) is 5.02 Å². The van der Waals surface area contributed by atoms with Gasteiger partial charge in [-0.25, -0.2) is 9.07 Å². The van der Waals surface area contributed by atoms with Gasteiger partial charge in [-0.2, -0.15) is 10.1 Å². The summed E-state index contributed by atoms with van der Waals surface area (Å²) in [6.45, 7) is 0. The first-order chi connectivity index (χ1) is 11.2. The third kappa shape index (κ3) is 2.68. The molecule has 0 radical (unpaired) electrons. The molecule has 1 aromatic heterocycles. The smallest absolute Gasteiger partial charge is 0.222 e. The number of rotatable bonds is 2. The van der Waals surface area contributed by atoms with Crippen LogP contribution < -0.4 is 5.32 Å². The number of halogens is 2. The van der Waals surface area contributed by atoms with Crippen LogP contribution in [-0.4, -0.2) is 14.8 Å². The van der Waals surface area contributed by atoms with Crippen LogP contribution in [0.2, 0.25) is 5.02 Å². The van der Waals surface area contributed by atoms with Crippen LogP contribution in [0, 0.1) is 5.82 Å². The lowest BCUT2D eigenvalue weighted by molar-refractivity contribution is 0.429. The molecule has 0 saturated heterocycles. The molecule has 116 valence electrons. The Morgan fingerprint density at radius 1 is 1.13 bits per heavy atom. The Balaban J connectivity index is 1.73. The van der Waals surface area contributed by atoms with Crippen molar-refractivity contribution < 1.29 is 4.39 Å². The Kier molecular flexibility index (Phi) is 3.50. The van der Waals surface area contributed by atoms with Crippen LogP contribution >= 0.6 is 11.6 Å². The first-order valence-corrected chi connectivity index (χ1v) is 7.75. The zero-order chi connectivity index (χ0) is 15.8. The molecule has 0 amide bonds. The van der Waals surface area contributed by atoms with Crippen LogP contribution in [-0.2, 0) is 0 Å². The fourth-order valence-electron chi connectivity index (χ4n) is 3.02. The zero-order valence-corrected chi connectivity index (χ0v) is 12.9. The minimum atomic E-state index is -0.245. The van der Waals surface area contributed by atoms with Gasteiger partial charge in [0.2, 0.25) is 5.95 Å². The Hall–Kier alpha value is -2.40. The second-order valence-electron chi connectivity index (χ2n) is 5.58. The third-order valence-electron chi connectivity index (χ3n) is 4.14. The summed E-state index contributed by atoms with van der Waals surface area (Å²) in [5.41, 5.74) is 2.00. The zero-order valence-electron chi connectivity index (χ0n) is 12.2. The number of aromatic nitrogens is 3. The average molecular weight is 329 g/mol. The van der Waals surface area contributed by atoms with Crippen LogP contribution in [0.5, 0.6) is 0 Å². The lowest BCUT2D eigenvalue weighted by Gasteiger charge is -2.31. The predicted octanol–water partition coefficient (Wildman–Crippen LogP) is 4.22. The van der Waals surface area contributed by atoms with Gasteiger partial charge < -0.3 is 5.32 Å². The van der Waals surface area contributed by atoms with E-state index in [0.29, 0.717) is 11.0 Å². The second-order valence-corrected chi connectivity index (χ2v) is 6.02. The summed E-state index contributed by atoms with van der Waals surface area (Å²) in [4.78, 5) is 4.27. The van der Waals surface area contributed by atoms with Gasteiger partial charge in [-0.3, -0.25) is 0 Å². The van der Waals surface area contributed by atoms with E-state index in [0.717, 1.165) is 17.5 Å². The van der Waals surface area contributed by atoms with E-state index in [4.69, 9.17) is 11.6 Å². The van der Waals surface area contributed by atoms with E-state index in [1.807, 2.05) is 30.3 Å². The Morgan fingerprint density at radius 3 is 2.74 bits per heavy atom. The normalized spacial score (nSPS) is 19.9. The van der Waals surface area contributed by atoms with Gasteiger partial charge in [-0.05, 0) is 41.8 Å². The van der Waals surface area contributed by atoms with Crippen molar-refractivity contribution in [2.45, 2.75) is 18.5 Å². The SMILES string of the molecule is Fc1cccc([C@H]2C[C@@H](c3ccc(Cl)cc3)Nc3ncnn32)c1. The van der Waals surface area contributed by atoms with Crippen LogP contribution in [0.25, 0.3) is 0 Å². The maximum absolute atomic E-state index is 13.6. The minimum absolute atomic E-state index is 0.0647. The summed E-state index contributed by atoms with van der Waals surface area (Å²) in [7, 11) is 0. The second kappa shape index (κ2) is 5.66. The van der Waals surface area contributed by atoms with E-state index in [-0.39, 0.29) is 17.9 Å². The van der Waals surface area contributed by atoms with E-state index in [9.17, 15) is 4.39 Å². The van der Waals surface area contributed by atoms with Crippen molar-refractivity contribution in [3.05, 3.63) is 76.8 Å². The van der Waals surface area contributed by atoms with Gasteiger partial charge in [0.1, 0.15) is 12.1 Å². The molecule has 0 spiro atoms. The van der Waals surface area contributed by atoms with Crippen LogP contribution in [0.15, 0.2) is 54.9 Å². The van der Waals surface area contributed by atoms with E-state index >= 15 is 0 Å². The molecule has 0 fully saturated rings. The van der Waals surface area contributed by atoms with Gasteiger partial charge >= 0.3 is 0 Å². The first-order valence-electron chi connectivity index (χ1n) is 7.38. The molecular formula is C17H14ClFN4. The van der Waals surface area contributed by atoms with Crippen molar-refractivity contribution in [3.63, 3.8) is 0 Å². The van der Waals surface area contributed by atoms with Gasteiger partial charge in [-0.15, -0.1) is 0 Å². The van der Waals surface area contributed by atoms with Crippen LogP contribution in [0.3, 0.4) is 0 Å². The molecule has 1 aliphatic rings. The number of fused-ring (bicyclic) bond motifs is 1. The monoisotopic (exact) mass is 328 g/mol. The fourth-order valence-corrected chi connectivity index (χ4v) is 3.15. The van der Waals surface area contributed by atoms with Crippen molar-refractivity contribution in [1.29, 1.82) is 0 Å². The van der Waals surface area contributed by atoms with Gasteiger partial charge in [-0.1, -0.05) is 35.9 Å². The number of hydrogen-bond acceptors (Lipinski definition) is 3. The molecule has 23 heavy (non-hydrogen) atoms. The molecule has 0 aliphatic carbocycles. The maximum atomic E-state index is 13.6. The van der Waals surface area contributed by atoms with E-state index in [1.165, 1.54) is 12.4 Å². The molecule has 3 aromatic rings. The maximum Gasteiger partial charge on any atom is 0.222 e. The Morgan fingerprint density at radius 2 is 1.96 bits per heavy atom. The highest BCUT2D eigenvalue weighted by atomic mass is 35.5. The standard InChI is InChI=1S/C17H14ClFN4/c18-13-6-4-11(5-7-13)15-9-16(12-2-1-3-14(19)8-12)23-17(22-15)20-10-21-23/h1-8,10,15-16H,9H2,(H,20,21,22)/t15-,16+/m0/s1. The molecule has 1 N–H and O–H groups in total. The van der Waals surface area contributed by atoms with E-state index in [1.54, 1.807) is 16.8 Å². The molecule has 2 atom stereocenters. The topological polar surface area (TPSA) is 42.7 Å². The van der Waals surface area contributed by atoms with Crippen LogP contribution in [0.1, 0.15) is 29.6 Å². The largest absolute Gasteiger partial charge is 0.348 e. The van der Waals surface area contributed by atoms with Gasteiger partial charge in [0.25, 0.3) is 0 Å². The molecule has 4 nitrogen and oxygen atoms in total. The molecule has 4 rings (SSSR count). The lowest BCUT2D eigenvalue weighted by Crippen LogP contribution is -2.28. The van der Waals surface area contributed by atoms with E-state index in [2.05, 4.69) is 15.4 Å². The summed E-state index contributed by atoms with van der Waals surface area (Å²) in [6.07, 6.45) is 2.26. The highest BCUT2D eigenvalue weighted by molar-refractivity contribution is 6.30. The minimum Gasteiger partial charge on any atom is -0.348 e.